The van der Waals surface area contributed by atoms with E-state index >= 15 is 0 Å². The number of hydrogen-bond donors (Lipinski definition) is 1. The lowest BCUT2D eigenvalue weighted by Gasteiger charge is -2.37. The molecule has 2 aromatic rings. The maximum atomic E-state index is 11.0. The molecule has 1 aromatic heterocycles. The Morgan fingerprint density at radius 2 is 2.05 bits per heavy atom. The van der Waals surface area contributed by atoms with Crippen molar-refractivity contribution in [2.45, 2.75) is 20.3 Å². The van der Waals surface area contributed by atoms with Gasteiger partial charge in [-0.15, -0.1) is 10.2 Å². The van der Waals surface area contributed by atoms with Crippen molar-refractivity contribution >= 4 is 11.4 Å². The van der Waals surface area contributed by atoms with E-state index in [1.165, 1.54) is 18.6 Å². The van der Waals surface area contributed by atoms with Crippen LogP contribution in [0, 0.1) is 22.0 Å². The highest BCUT2D eigenvalue weighted by molar-refractivity contribution is 5.76. The average Bonchev–Trinajstić information content (AvgIpc) is 2.99. The summed E-state index contributed by atoms with van der Waals surface area (Å²) < 4.78 is 0. The van der Waals surface area contributed by atoms with Crippen LogP contribution in [0.1, 0.15) is 20.3 Å². The Balaban J connectivity index is 2.05. The molecular formula is C14H18N6O2. The number of benzene rings is 1. The number of anilines is 1. The largest absolute Gasteiger partial charge is 0.370 e. The van der Waals surface area contributed by atoms with Gasteiger partial charge in [0.25, 0.3) is 5.69 Å². The summed E-state index contributed by atoms with van der Waals surface area (Å²) in [6, 6.07) is 4.83. The van der Waals surface area contributed by atoms with Gasteiger partial charge in [0.05, 0.1) is 10.5 Å². The summed E-state index contributed by atoms with van der Waals surface area (Å²) in [7, 11) is 0. The smallest absolute Gasteiger partial charge is 0.270 e. The van der Waals surface area contributed by atoms with Crippen molar-refractivity contribution in [3.63, 3.8) is 0 Å². The number of aromatic amines is 1. The molecule has 2 atom stereocenters. The number of non-ortho nitro benzene ring substituents is 1. The third-order valence-corrected chi connectivity index (χ3v) is 3.99. The zero-order chi connectivity index (χ0) is 15.7. The molecule has 1 fully saturated rings. The van der Waals surface area contributed by atoms with Gasteiger partial charge >= 0.3 is 0 Å². The number of H-pyrrole nitrogens is 1. The summed E-state index contributed by atoms with van der Waals surface area (Å²) in [6.45, 7) is 6.30. The summed E-state index contributed by atoms with van der Waals surface area (Å²) in [5, 5.41) is 25.0. The zero-order valence-electron chi connectivity index (χ0n) is 12.6. The van der Waals surface area contributed by atoms with Crippen LogP contribution >= 0.6 is 0 Å². The van der Waals surface area contributed by atoms with Gasteiger partial charge in [0, 0.05) is 30.9 Å². The lowest BCUT2D eigenvalue weighted by molar-refractivity contribution is -0.384. The van der Waals surface area contributed by atoms with E-state index in [1.807, 2.05) is 0 Å². The Labute approximate surface area is 127 Å². The van der Waals surface area contributed by atoms with Gasteiger partial charge in [0.15, 0.2) is 0 Å². The van der Waals surface area contributed by atoms with Gasteiger partial charge in [-0.25, -0.2) is 0 Å². The quantitative estimate of drug-likeness (QED) is 0.689. The topological polar surface area (TPSA) is 101 Å². The van der Waals surface area contributed by atoms with E-state index in [9.17, 15) is 10.1 Å². The normalized spacial score (nSPS) is 21.8. The molecule has 0 amide bonds. The average molecular weight is 302 g/mol. The summed E-state index contributed by atoms with van der Waals surface area (Å²) in [5.41, 5.74) is 1.59. The first kappa shape index (κ1) is 14.4. The minimum absolute atomic E-state index is 0.0293. The lowest BCUT2D eigenvalue weighted by Crippen LogP contribution is -2.39. The third-order valence-electron chi connectivity index (χ3n) is 3.99. The summed E-state index contributed by atoms with van der Waals surface area (Å²) in [4.78, 5) is 12.9. The number of tetrazole rings is 1. The fourth-order valence-electron chi connectivity index (χ4n) is 3.23. The molecule has 3 rings (SSSR count). The van der Waals surface area contributed by atoms with Gasteiger partial charge in [-0.3, -0.25) is 10.1 Å². The molecule has 1 aliphatic heterocycles. The summed E-state index contributed by atoms with van der Waals surface area (Å²) in [6.07, 6.45) is 1.20. The molecule has 8 heteroatoms. The van der Waals surface area contributed by atoms with Crippen LogP contribution in [0.5, 0.6) is 0 Å². The van der Waals surface area contributed by atoms with Crippen molar-refractivity contribution in [3.05, 3.63) is 28.3 Å². The molecule has 0 spiro atoms. The van der Waals surface area contributed by atoms with Gasteiger partial charge in [-0.1, -0.05) is 13.8 Å². The van der Waals surface area contributed by atoms with E-state index in [2.05, 4.69) is 39.4 Å². The summed E-state index contributed by atoms with van der Waals surface area (Å²) in [5.74, 6) is 1.54. The van der Waals surface area contributed by atoms with Crippen LogP contribution in [0.25, 0.3) is 11.4 Å². The minimum atomic E-state index is -0.408. The van der Waals surface area contributed by atoms with Crippen LogP contribution in [0.3, 0.4) is 0 Å². The summed E-state index contributed by atoms with van der Waals surface area (Å²) >= 11 is 0. The molecule has 0 bridgehead atoms. The molecular weight excluding hydrogens is 284 g/mol. The zero-order valence-corrected chi connectivity index (χ0v) is 12.6. The minimum Gasteiger partial charge on any atom is -0.370 e. The second-order valence-electron chi connectivity index (χ2n) is 6.05. The van der Waals surface area contributed by atoms with Crippen molar-refractivity contribution in [2.75, 3.05) is 18.0 Å². The second-order valence-corrected chi connectivity index (χ2v) is 6.05. The number of nitrogens with zero attached hydrogens (tertiary/aromatic N) is 5. The van der Waals surface area contributed by atoms with Crippen molar-refractivity contribution in [1.29, 1.82) is 0 Å². The predicted molar refractivity (Wildman–Crippen MR) is 81.4 cm³/mol. The number of nitrogens with one attached hydrogen (secondary N) is 1. The predicted octanol–water partition coefficient (Wildman–Crippen LogP) is 2.26. The molecule has 0 radical (unpaired) electrons. The van der Waals surface area contributed by atoms with Crippen molar-refractivity contribution in [2.24, 2.45) is 11.8 Å². The van der Waals surface area contributed by atoms with Gasteiger partial charge in [-0.05, 0) is 29.5 Å². The van der Waals surface area contributed by atoms with Gasteiger partial charge in [-0.2, -0.15) is 5.21 Å². The fraction of sp³-hybridized carbons (Fsp3) is 0.500. The molecule has 2 heterocycles. The molecule has 0 aliphatic carbocycles. The molecule has 22 heavy (non-hydrogen) atoms. The number of piperidine rings is 1. The lowest BCUT2D eigenvalue weighted by atomic mass is 9.91. The molecule has 1 aromatic carbocycles. The Morgan fingerprint density at radius 1 is 1.32 bits per heavy atom. The van der Waals surface area contributed by atoms with Crippen LogP contribution in [-0.4, -0.2) is 38.6 Å². The molecule has 116 valence electrons. The number of rotatable bonds is 3. The van der Waals surface area contributed by atoms with Crippen molar-refractivity contribution in [3.8, 4) is 11.4 Å². The highest BCUT2D eigenvalue weighted by atomic mass is 16.6. The van der Waals surface area contributed by atoms with E-state index in [0.717, 1.165) is 18.8 Å². The van der Waals surface area contributed by atoms with Crippen LogP contribution in [0.4, 0.5) is 11.4 Å². The van der Waals surface area contributed by atoms with Crippen LogP contribution in [0.2, 0.25) is 0 Å². The highest BCUT2D eigenvalue weighted by Gasteiger charge is 2.26. The Morgan fingerprint density at radius 3 is 2.64 bits per heavy atom. The van der Waals surface area contributed by atoms with Crippen LogP contribution in [0.15, 0.2) is 18.2 Å². The number of nitro benzene ring substituents is 1. The number of nitro groups is 1. The third kappa shape index (κ3) is 2.76. The van der Waals surface area contributed by atoms with E-state index in [-0.39, 0.29) is 5.69 Å². The Bertz CT molecular complexity index is 662. The van der Waals surface area contributed by atoms with Gasteiger partial charge in [0.2, 0.25) is 5.82 Å². The maximum absolute atomic E-state index is 11.0. The van der Waals surface area contributed by atoms with E-state index < -0.39 is 4.92 Å². The van der Waals surface area contributed by atoms with Crippen LogP contribution < -0.4 is 4.90 Å². The first-order valence-corrected chi connectivity index (χ1v) is 7.31. The molecule has 2 unspecified atom stereocenters. The van der Waals surface area contributed by atoms with E-state index in [4.69, 9.17) is 0 Å². The SMILES string of the molecule is CC1CC(C)CN(c2ccc([N+](=O)[O-])cc2-c2nn[nH]n2)C1. The van der Waals surface area contributed by atoms with Crippen LogP contribution in [-0.2, 0) is 0 Å². The van der Waals surface area contributed by atoms with E-state index in [1.54, 1.807) is 6.07 Å². The van der Waals surface area contributed by atoms with Gasteiger partial charge < -0.3 is 4.90 Å². The van der Waals surface area contributed by atoms with Crippen molar-refractivity contribution < 1.29 is 4.92 Å². The molecule has 1 N–H and O–H groups in total. The molecule has 1 saturated heterocycles. The maximum Gasteiger partial charge on any atom is 0.270 e. The van der Waals surface area contributed by atoms with Gasteiger partial charge in [0.1, 0.15) is 0 Å². The molecule has 8 nitrogen and oxygen atoms in total. The Hall–Kier alpha value is -2.51. The Kier molecular flexibility index (Phi) is 3.74. The first-order chi connectivity index (χ1) is 10.5. The second kappa shape index (κ2) is 5.70. The molecule has 0 saturated carbocycles. The molecule has 1 aliphatic rings. The standard InChI is InChI=1S/C14H18N6O2/c1-9-5-10(2)8-19(7-9)13-4-3-11(20(21)22)6-12(13)14-15-17-18-16-14/h3-4,6,9-10H,5,7-8H2,1-2H3,(H,15,16,17,18). The monoisotopic (exact) mass is 302 g/mol. The van der Waals surface area contributed by atoms with Crippen molar-refractivity contribution in [1.82, 2.24) is 20.6 Å². The fourth-order valence-corrected chi connectivity index (χ4v) is 3.23. The number of hydrogen-bond acceptors (Lipinski definition) is 6. The van der Waals surface area contributed by atoms with E-state index in [0.29, 0.717) is 23.2 Å². The highest BCUT2D eigenvalue weighted by Crippen LogP contribution is 2.35. The number of aromatic nitrogens is 4. The first-order valence-electron chi connectivity index (χ1n) is 7.31.